The van der Waals surface area contributed by atoms with Crippen molar-refractivity contribution in [3.05, 3.63) is 65.5 Å². The number of benzene rings is 2. The average molecular weight is 434 g/mol. The van der Waals surface area contributed by atoms with Crippen LogP contribution in [0.4, 0.5) is 9.18 Å². The number of nitrogens with one attached hydrogen (secondary N) is 1. The van der Waals surface area contributed by atoms with E-state index in [2.05, 4.69) is 5.32 Å². The number of nitrogens with zero attached hydrogens (tertiary/aromatic N) is 2. The number of carbonyl (C=O) groups excluding carboxylic acids is 1. The molecule has 1 N–H and O–H groups in total. The first-order chi connectivity index (χ1) is 14.4. The summed E-state index contributed by atoms with van der Waals surface area (Å²) in [6.07, 6.45) is 2.77. The molecule has 2 aromatic rings. The zero-order chi connectivity index (χ0) is 21.6. The van der Waals surface area contributed by atoms with Crippen LogP contribution in [0.3, 0.4) is 0 Å². The highest BCUT2D eigenvalue weighted by atomic mass is 32.2. The molecular formula is C22H28FN3O3S. The van der Waals surface area contributed by atoms with E-state index in [0.717, 1.165) is 19.3 Å². The average Bonchev–Trinajstić information content (AvgIpc) is 2.76. The summed E-state index contributed by atoms with van der Waals surface area (Å²) in [5.74, 6) is -0.346. The predicted molar refractivity (Wildman–Crippen MR) is 114 cm³/mol. The molecule has 0 aromatic heterocycles. The molecule has 2 amide bonds. The first kappa shape index (κ1) is 22.2. The summed E-state index contributed by atoms with van der Waals surface area (Å²) in [6, 6.07) is 12.6. The largest absolute Gasteiger partial charge is 0.334 e. The van der Waals surface area contributed by atoms with Crippen molar-refractivity contribution in [2.24, 2.45) is 0 Å². The number of urea groups is 1. The molecule has 1 fully saturated rings. The van der Waals surface area contributed by atoms with Crippen LogP contribution in [0.15, 0.2) is 53.4 Å². The van der Waals surface area contributed by atoms with Crippen molar-refractivity contribution < 1.29 is 17.6 Å². The topological polar surface area (TPSA) is 69.7 Å². The van der Waals surface area contributed by atoms with Crippen LogP contribution >= 0.6 is 0 Å². The Morgan fingerprint density at radius 1 is 1.10 bits per heavy atom. The zero-order valence-corrected chi connectivity index (χ0v) is 18.0. The molecule has 0 aliphatic carbocycles. The van der Waals surface area contributed by atoms with Crippen LogP contribution in [-0.4, -0.2) is 43.3 Å². The van der Waals surface area contributed by atoms with Crippen LogP contribution in [0.1, 0.15) is 37.3 Å². The van der Waals surface area contributed by atoms with Crippen molar-refractivity contribution in [2.45, 2.75) is 44.2 Å². The quantitative estimate of drug-likeness (QED) is 0.723. The monoisotopic (exact) mass is 433 g/mol. The Balaban J connectivity index is 1.70. The Kier molecular flexibility index (Phi) is 7.44. The van der Waals surface area contributed by atoms with E-state index < -0.39 is 10.0 Å². The van der Waals surface area contributed by atoms with Crippen molar-refractivity contribution in [3.63, 3.8) is 0 Å². The van der Waals surface area contributed by atoms with Gasteiger partial charge in [0.25, 0.3) is 0 Å². The molecule has 1 saturated heterocycles. The van der Waals surface area contributed by atoms with Gasteiger partial charge in [0.15, 0.2) is 0 Å². The summed E-state index contributed by atoms with van der Waals surface area (Å²) in [6.45, 7) is 3.71. The van der Waals surface area contributed by atoms with Gasteiger partial charge in [-0.25, -0.2) is 17.6 Å². The lowest BCUT2D eigenvalue weighted by Gasteiger charge is -2.27. The maximum atomic E-state index is 13.4. The maximum absolute atomic E-state index is 13.4. The molecular weight excluding hydrogens is 405 g/mol. The van der Waals surface area contributed by atoms with E-state index in [9.17, 15) is 17.6 Å². The number of amides is 2. The van der Waals surface area contributed by atoms with E-state index in [-0.39, 0.29) is 29.8 Å². The van der Waals surface area contributed by atoms with E-state index >= 15 is 0 Å². The number of hydrogen-bond donors (Lipinski definition) is 1. The Labute approximate surface area is 177 Å². The minimum atomic E-state index is -3.59. The fourth-order valence-electron chi connectivity index (χ4n) is 3.61. The van der Waals surface area contributed by atoms with Gasteiger partial charge in [-0.3, -0.25) is 0 Å². The number of rotatable bonds is 7. The van der Waals surface area contributed by atoms with Crippen molar-refractivity contribution in [1.29, 1.82) is 0 Å². The smallest absolute Gasteiger partial charge is 0.317 e. The first-order valence-corrected chi connectivity index (χ1v) is 11.7. The van der Waals surface area contributed by atoms with Gasteiger partial charge in [0.1, 0.15) is 5.82 Å². The number of carbonyl (C=O) groups is 1. The molecule has 0 atom stereocenters. The predicted octanol–water partition coefficient (Wildman–Crippen LogP) is 3.73. The molecule has 1 aliphatic heterocycles. The van der Waals surface area contributed by atoms with Gasteiger partial charge in [0.05, 0.1) is 4.90 Å². The standard InChI is InChI=1S/C22H28FN3O3S/c1-2-25(17-18-9-8-11-20(23)15-18)22(27)24-16-19-10-4-5-12-21(19)30(28,29)26-13-6-3-7-14-26/h4-5,8-12,15H,2-3,6-7,13-14,16-17H2,1H3,(H,24,27). The molecule has 6 nitrogen and oxygen atoms in total. The molecule has 0 unspecified atom stereocenters. The summed E-state index contributed by atoms with van der Waals surface area (Å²) in [4.78, 5) is 14.4. The SMILES string of the molecule is CCN(Cc1cccc(F)c1)C(=O)NCc1ccccc1S(=O)(=O)N1CCCCC1. The third kappa shape index (κ3) is 5.37. The fraction of sp³-hybridized carbons (Fsp3) is 0.409. The molecule has 30 heavy (non-hydrogen) atoms. The summed E-state index contributed by atoms with van der Waals surface area (Å²) < 4.78 is 41.1. The lowest BCUT2D eigenvalue weighted by Crippen LogP contribution is -2.40. The molecule has 3 rings (SSSR count). The van der Waals surface area contributed by atoms with E-state index in [4.69, 9.17) is 0 Å². The summed E-state index contributed by atoms with van der Waals surface area (Å²) in [5.41, 5.74) is 1.25. The molecule has 0 saturated carbocycles. The van der Waals surface area contributed by atoms with Crippen LogP contribution in [0.5, 0.6) is 0 Å². The van der Waals surface area contributed by atoms with Gasteiger partial charge in [-0.05, 0) is 49.1 Å². The minimum absolute atomic E-state index is 0.0989. The lowest BCUT2D eigenvalue weighted by atomic mass is 10.2. The van der Waals surface area contributed by atoms with Gasteiger partial charge in [-0.15, -0.1) is 0 Å². The minimum Gasteiger partial charge on any atom is -0.334 e. The van der Waals surface area contributed by atoms with Gasteiger partial charge < -0.3 is 10.2 Å². The Morgan fingerprint density at radius 3 is 2.53 bits per heavy atom. The normalized spacial score (nSPS) is 15.0. The highest BCUT2D eigenvalue weighted by Gasteiger charge is 2.28. The van der Waals surface area contributed by atoms with Crippen molar-refractivity contribution in [2.75, 3.05) is 19.6 Å². The number of hydrogen-bond acceptors (Lipinski definition) is 3. The van der Waals surface area contributed by atoms with Crippen molar-refractivity contribution >= 4 is 16.1 Å². The van der Waals surface area contributed by atoms with E-state index in [1.165, 1.54) is 16.4 Å². The summed E-state index contributed by atoms with van der Waals surface area (Å²) >= 11 is 0. The van der Waals surface area contributed by atoms with Crippen LogP contribution in [0.25, 0.3) is 0 Å². The molecule has 162 valence electrons. The molecule has 1 heterocycles. The number of sulfonamides is 1. The van der Waals surface area contributed by atoms with Gasteiger partial charge in [0, 0.05) is 32.7 Å². The molecule has 2 aromatic carbocycles. The molecule has 8 heteroatoms. The van der Waals surface area contributed by atoms with Gasteiger partial charge in [-0.2, -0.15) is 4.31 Å². The van der Waals surface area contributed by atoms with Crippen LogP contribution in [-0.2, 0) is 23.1 Å². The van der Waals surface area contributed by atoms with E-state index in [0.29, 0.717) is 30.8 Å². The number of piperidine rings is 1. The summed E-state index contributed by atoms with van der Waals surface area (Å²) in [7, 11) is -3.59. The van der Waals surface area contributed by atoms with E-state index in [1.54, 1.807) is 41.3 Å². The van der Waals surface area contributed by atoms with E-state index in [1.807, 2.05) is 6.92 Å². The molecule has 0 bridgehead atoms. The molecule has 0 radical (unpaired) electrons. The second-order valence-corrected chi connectivity index (χ2v) is 9.28. The van der Waals surface area contributed by atoms with Crippen molar-refractivity contribution in [1.82, 2.24) is 14.5 Å². The van der Waals surface area contributed by atoms with Crippen molar-refractivity contribution in [3.8, 4) is 0 Å². The first-order valence-electron chi connectivity index (χ1n) is 10.3. The van der Waals surface area contributed by atoms with Crippen LogP contribution in [0, 0.1) is 5.82 Å². The second-order valence-electron chi connectivity index (χ2n) is 7.38. The van der Waals surface area contributed by atoms with Crippen LogP contribution < -0.4 is 5.32 Å². The van der Waals surface area contributed by atoms with Crippen LogP contribution in [0.2, 0.25) is 0 Å². The zero-order valence-electron chi connectivity index (χ0n) is 17.2. The molecule has 1 aliphatic rings. The third-order valence-electron chi connectivity index (χ3n) is 5.27. The van der Waals surface area contributed by atoms with Gasteiger partial charge in [0.2, 0.25) is 10.0 Å². The Bertz CT molecular complexity index is 975. The Morgan fingerprint density at radius 2 is 1.83 bits per heavy atom. The maximum Gasteiger partial charge on any atom is 0.317 e. The highest BCUT2D eigenvalue weighted by Crippen LogP contribution is 2.23. The third-order valence-corrected chi connectivity index (χ3v) is 7.27. The lowest BCUT2D eigenvalue weighted by molar-refractivity contribution is 0.197. The second kappa shape index (κ2) is 10.0. The fourth-order valence-corrected chi connectivity index (χ4v) is 5.35. The summed E-state index contributed by atoms with van der Waals surface area (Å²) in [5, 5.41) is 2.81. The van der Waals surface area contributed by atoms with Gasteiger partial charge >= 0.3 is 6.03 Å². The molecule has 0 spiro atoms. The van der Waals surface area contributed by atoms with Gasteiger partial charge in [-0.1, -0.05) is 36.8 Å². The Hall–Kier alpha value is -2.45. The highest BCUT2D eigenvalue weighted by molar-refractivity contribution is 7.89. The number of halogens is 1.